The van der Waals surface area contributed by atoms with E-state index in [1.807, 2.05) is 12.1 Å². The molecule has 4 rings (SSSR count). The molecule has 6 nitrogen and oxygen atoms in total. The van der Waals surface area contributed by atoms with Crippen molar-refractivity contribution in [2.45, 2.75) is 105 Å². The number of Topliss-reactive ketones (excluding diaryl/α,β-unsaturated/α-hetero) is 1. The fourth-order valence-corrected chi connectivity index (χ4v) is 7.31. The summed E-state index contributed by atoms with van der Waals surface area (Å²) in [5.41, 5.74) is 1.12. The summed E-state index contributed by atoms with van der Waals surface area (Å²) >= 11 is 0. The van der Waals surface area contributed by atoms with Gasteiger partial charge in [0, 0.05) is 23.8 Å². The Kier molecular flexibility index (Phi) is 8.82. The molecule has 3 saturated carbocycles. The van der Waals surface area contributed by atoms with Gasteiger partial charge in [-0.2, -0.15) is 0 Å². The summed E-state index contributed by atoms with van der Waals surface area (Å²) in [5.74, 6) is 0.754. The highest BCUT2D eigenvalue weighted by atomic mass is 31.2. The molecule has 0 amide bonds. The highest BCUT2D eigenvalue weighted by Gasteiger charge is 2.59. The van der Waals surface area contributed by atoms with Crippen molar-refractivity contribution in [1.82, 2.24) is 0 Å². The van der Waals surface area contributed by atoms with E-state index in [0.29, 0.717) is 17.7 Å². The van der Waals surface area contributed by atoms with Gasteiger partial charge in [0.1, 0.15) is 17.3 Å². The minimum absolute atomic E-state index is 0.0783. The molecule has 2 bridgehead atoms. The molecule has 3 atom stereocenters. The van der Waals surface area contributed by atoms with Crippen LogP contribution in [-0.2, 0) is 23.8 Å². The lowest BCUT2D eigenvalue weighted by Crippen LogP contribution is -2.56. The van der Waals surface area contributed by atoms with Gasteiger partial charge in [0.25, 0.3) is 0 Å². The molecule has 3 aliphatic carbocycles. The van der Waals surface area contributed by atoms with E-state index in [4.69, 9.17) is 13.6 Å². The molecule has 1 unspecified atom stereocenters. The minimum atomic E-state index is -3.89. The Morgan fingerprint density at radius 1 is 1.09 bits per heavy atom. The van der Waals surface area contributed by atoms with Gasteiger partial charge < -0.3 is 9.63 Å². The summed E-state index contributed by atoms with van der Waals surface area (Å²) in [6.07, 6.45) is 6.76. The summed E-state index contributed by atoms with van der Waals surface area (Å²) in [6, 6.07) is 3.71. The molecule has 0 spiro atoms. The van der Waals surface area contributed by atoms with E-state index in [1.165, 1.54) is 19.3 Å². The maximum Gasteiger partial charge on any atom is 0.530 e. The average Bonchev–Trinajstić information content (AvgIpc) is 2.75. The van der Waals surface area contributed by atoms with Crippen LogP contribution in [0.25, 0.3) is 0 Å². The zero-order valence-electron chi connectivity index (χ0n) is 22.7. The molecule has 1 N–H and O–H groups in total. The quantitative estimate of drug-likeness (QED) is 0.215. The van der Waals surface area contributed by atoms with E-state index < -0.39 is 7.82 Å². The van der Waals surface area contributed by atoms with Crippen LogP contribution in [-0.4, -0.2) is 24.1 Å². The van der Waals surface area contributed by atoms with E-state index >= 15 is 0 Å². The molecule has 1 aromatic carbocycles. The van der Waals surface area contributed by atoms with Gasteiger partial charge >= 0.3 is 7.82 Å². The molecule has 0 aliphatic heterocycles. The largest absolute Gasteiger partial charge is 0.530 e. The van der Waals surface area contributed by atoms with Crippen LogP contribution in [0.1, 0.15) is 110 Å². The fourth-order valence-electron chi connectivity index (χ4n) is 6.11. The first-order valence-electron chi connectivity index (χ1n) is 13.4. The van der Waals surface area contributed by atoms with Crippen LogP contribution >= 0.6 is 7.82 Å². The van der Waals surface area contributed by atoms with Crippen LogP contribution in [0.3, 0.4) is 0 Å². The normalized spacial score (nSPS) is 23.7. The number of ketones is 1. The van der Waals surface area contributed by atoms with Gasteiger partial charge in [-0.25, -0.2) is 4.57 Å². The summed E-state index contributed by atoms with van der Waals surface area (Å²) in [5, 5.41) is 11.4. The van der Waals surface area contributed by atoms with Crippen molar-refractivity contribution >= 4 is 13.6 Å². The van der Waals surface area contributed by atoms with Crippen LogP contribution in [0.5, 0.6) is 11.5 Å². The monoisotopic (exact) mass is 508 g/mol. The summed E-state index contributed by atoms with van der Waals surface area (Å²) in [6.45, 7) is 14.6. The van der Waals surface area contributed by atoms with E-state index in [2.05, 4.69) is 34.6 Å². The number of unbranched alkanes of at least 4 members (excludes halogenated alkanes) is 3. The SMILES string of the molecule is CCCCCCC(C)(C)c1cc(O)c([C@H]2CC(=O)[C@H]3CC2C3(C)C)c(OP(=O)(OCC)OCC)c1. The zero-order valence-corrected chi connectivity index (χ0v) is 23.6. The Hall–Kier alpha value is -1.36. The highest BCUT2D eigenvalue weighted by molar-refractivity contribution is 7.48. The number of carbonyl (C=O) groups is 1. The van der Waals surface area contributed by atoms with Gasteiger partial charge in [-0.3, -0.25) is 13.8 Å². The molecule has 0 aromatic heterocycles. The number of phosphoric ester groups is 1. The molecule has 3 aliphatic rings. The number of benzene rings is 1. The number of fused-ring (bicyclic) bond motifs is 2. The summed E-state index contributed by atoms with van der Waals surface area (Å²) in [4.78, 5) is 12.9. The van der Waals surface area contributed by atoms with Crippen LogP contribution in [0, 0.1) is 17.3 Å². The van der Waals surface area contributed by atoms with Gasteiger partial charge in [-0.15, -0.1) is 0 Å². The van der Waals surface area contributed by atoms with Gasteiger partial charge in [0.2, 0.25) is 0 Å². The number of carbonyl (C=O) groups excluding carboxylic acids is 1. The molecular formula is C28H45O6P. The third kappa shape index (κ3) is 5.81. The van der Waals surface area contributed by atoms with Crippen molar-refractivity contribution in [2.75, 3.05) is 13.2 Å². The third-order valence-corrected chi connectivity index (χ3v) is 9.92. The highest BCUT2D eigenvalue weighted by Crippen LogP contribution is 2.65. The van der Waals surface area contributed by atoms with Crippen molar-refractivity contribution in [3.05, 3.63) is 23.3 Å². The first kappa shape index (κ1) is 28.2. The van der Waals surface area contributed by atoms with Crippen LogP contribution in [0.2, 0.25) is 0 Å². The van der Waals surface area contributed by atoms with E-state index in [-0.39, 0.29) is 53.3 Å². The Bertz CT molecular complexity index is 943. The van der Waals surface area contributed by atoms with Crippen LogP contribution in [0.15, 0.2) is 12.1 Å². The fraction of sp³-hybridized carbons (Fsp3) is 0.750. The molecule has 198 valence electrons. The van der Waals surface area contributed by atoms with Gasteiger partial charge in [0.05, 0.1) is 13.2 Å². The Balaban J connectivity index is 2.05. The van der Waals surface area contributed by atoms with Crippen molar-refractivity contribution in [2.24, 2.45) is 17.3 Å². The van der Waals surface area contributed by atoms with Crippen molar-refractivity contribution in [3.8, 4) is 11.5 Å². The van der Waals surface area contributed by atoms with Crippen LogP contribution in [0.4, 0.5) is 0 Å². The molecule has 0 radical (unpaired) electrons. The number of phenolic OH excluding ortho intramolecular Hbond substituents is 1. The number of hydrogen-bond acceptors (Lipinski definition) is 6. The Labute approximate surface area is 211 Å². The smallest absolute Gasteiger partial charge is 0.508 e. The first-order chi connectivity index (χ1) is 16.4. The topological polar surface area (TPSA) is 82.1 Å². The Morgan fingerprint density at radius 3 is 2.29 bits per heavy atom. The summed E-state index contributed by atoms with van der Waals surface area (Å²) in [7, 11) is -3.89. The zero-order chi connectivity index (χ0) is 26.0. The lowest BCUT2D eigenvalue weighted by Gasteiger charge is -2.59. The van der Waals surface area contributed by atoms with E-state index in [1.54, 1.807) is 13.8 Å². The predicted octanol–water partition coefficient (Wildman–Crippen LogP) is 7.92. The lowest BCUT2D eigenvalue weighted by atomic mass is 9.44. The van der Waals surface area contributed by atoms with Gasteiger partial charge in [0.15, 0.2) is 0 Å². The number of rotatable bonds is 13. The van der Waals surface area contributed by atoms with Crippen molar-refractivity contribution < 1.29 is 28.0 Å². The molecule has 1 aromatic rings. The van der Waals surface area contributed by atoms with E-state index in [0.717, 1.165) is 24.8 Å². The number of hydrogen-bond donors (Lipinski definition) is 1. The van der Waals surface area contributed by atoms with Crippen molar-refractivity contribution in [1.29, 1.82) is 0 Å². The van der Waals surface area contributed by atoms with Gasteiger partial charge in [-0.1, -0.05) is 60.3 Å². The molecular weight excluding hydrogens is 463 g/mol. The Morgan fingerprint density at radius 2 is 1.74 bits per heavy atom. The number of phosphoric acid groups is 1. The average molecular weight is 509 g/mol. The van der Waals surface area contributed by atoms with E-state index in [9.17, 15) is 14.5 Å². The second-order valence-corrected chi connectivity index (χ2v) is 13.1. The summed E-state index contributed by atoms with van der Waals surface area (Å²) < 4.78 is 30.3. The molecule has 7 heteroatoms. The maximum atomic E-state index is 13.4. The second-order valence-electron chi connectivity index (χ2n) is 11.5. The van der Waals surface area contributed by atoms with Gasteiger partial charge in [-0.05, 0) is 61.1 Å². The third-order valence-electron chi connectivity index (χ3n) is 8.35. The lowest BCUT2D eigenvalue weighted by molar-refractivity contribution is -0.151. The molecule has 0 saturated heterocycles. The molecule has 0 heterocycles. The molecule has 35 heavy (non-hydrogen) atoms. The standard InChI is InChI=1S/C28H45O6P/c1-8-11-12-13-14-27(4,5)19-15-24(30)26(20-17-23(29)22-18-21(20)28(22,6)7)25(16-19)34-35(31,32-9-2)33-10-3/h15-16,20-22,30H,8-14,17-18H2,1-7H3/t20-,21?,22+/m0/s1. The second kappa shape index (κ2) is 10.9. The molecule has 3 fully saturated rings. The number of aromatic hydroxyl groups is 1. The first-order valence-corrected chi connectivity index (χ1v) is 14.8. The van der Waals surface area contributed by atoms with Crippen LogP contribution < -0.4 is 4.52 Å². The number of phenols is 1. The predicted molar refractivity (Wildman–Crippen MR) is 139 cm³/mol. The van der Waals surface area contributed by atoms with Crippen molar-refractivity contribution in [3.63, 3.8) is 0 Å². The minimum Gasteiger partial charge on any atom is -0.508 e. The maximum absolute atomic E-state index is 13.4.